The van der Waals surface area contributed by atoms with Crippen molar-refractivity contribution in [1.82, 2.24) is 24.5 Å². The van der Waals surface area contributed by atoms with E-state index in [2.05, 4.69) is 30.6 Å². The molecule has 0 bridgehead atoms. The van der Waals surface area contributed by atoms with Gasteiger partial charge in [0.25, 0.3) is 0 Å². The van der Waals surface area contributed by atoms with E-state index in [9.17, 15) is 0 Å². The summed E-state index contributed by atoms with van der Waals surface area (Å²) >= 11 is 0. The molecule has 3 aromatic heterocycles. The van der Waals surface area contributed by atoms with E-state index in [0.717, 1.165) is 30.3 Å². The summed E-state index contributed by atoms with van der Waals surface area (Å²) in [4.78, 5) is 11.3. The highest BCUT2D eigenvalue weighted by Crippen LogP contribution is 2.16. The van der Waals surface area contributed by atoms with Gasteiger partial charge in [-0.3, -0.25) is 4.98 Å². The smallest absolute Gasteiger partial charge is 0.152 e. The van der Waals surface area contributed by atoms with Gasteiger partial charge in [0.15, 0.2) is 5.65 Å². The van der Waals surface area contributed by atoms with Crippen LogP contribution in [-0.4, -0.2) is 58.5 Å². The van der Waals surface area contributed by atoms with Crippen LogP contribution >= 0.6 is 0 Å². The lowest BCUT2D eigenvalue weighted by atomic mass is 10.0. The van der Waals surface area contributed by atoms with Gasteiger partial charge in [-0.1, -0.05) is 12.5 Å². The van der Waals surface area contributed by atoms with E-state index in [1.165, 1.54) is 32.4 Å². The fraction of sp³-hybridized carbons (Fsp3) is 0.421. The van der Waals surface area contributed by atoms with Gasteiger partial charge in [-0.2, -0.15) is 9.61 Å². The molecule has 0 aromatic carbocycles. The van der Waals surface area contributed by atoms with Gasteiger partial charge in [-0.25, -0.2) is 4.98 Å². The van der Waals surface area contributed by atoms with E-state index in [1.807, 2.05) is 24.4 Å². The number of hydrogen-bond acceptors (Lipinski definition) is 6. The Bertz CT molecular complexity index is 874. The number of anilines is 2. The van der Waals surface area contributed by atoms with Crippen LogP contribution in [0, 0.1) is 0 Å². The van der Waals surface area contributed by atoms with Crippen LogP contribution in [0.1, 0.15) is 24.8 Å². The van der Waals surface area contributed by atoms with Crippen LogP contribution in [-0.2, 0) is 6.54 Å². The molecule has 2 N–H and O–H groups in total. The Morgan fingerprint density at radius 2 is 2.00 bits per heavy atom. The fourth-order valence-corrected chi connectivity index (χ4v) is 3.42. The molecule has 0 atom stereocenters. The molecule has 1 aliphatic heterocycles. The molecule has 1 aliphatic rings. The Morgan fingerprint density at radius 1 is 1.11 bits per heavy atom. The number of aromatic nitrogens is 4. The molecule has 0 unspecified atom stereocenters. The number of fused-ring (bicyclic) bond motifs is 1. The van der Waals surface area contributed by atoms with E-state index in [1.54, 1.807) is 16.9 Å². The first-order chi connectivity index (χ1) is 13.3. The number of nitrogens with one attached hydrogen (secondary N) is 2. The topological polar surface area (TPSA) is 70.4 Å². The van der Waals surface area contributed by atoms with Gasteiger partial charge in [0.1, 0.15) is 19.5 Å². The highest BCUT2D eigenvalue weighted by molar-refractivity contribution is 6.36. The van der Waals surface area contributed by atoms with Crippen molar-refractivity contribution in [3.63, 3.8) is 0 Å². The second-order valence-electron chi connectivity index (χ2n) is 6.91. The third-order valence-corrected chi connectivity index (χ3v) is 4.88. The molecule has 0 amide bonds. The fourth-order valence-electron chi connectivity index (χ4n) is 3.42. The summed E-state index contributed by atoms with van der Waals surface area (Å²) in [6.45, 7) is 4.93. The van der Waals surface area contributed by atoms with Gasteiger partial charge in [0.05, 0.1) is 0 Å². The third-order valence-electron chi connectivity index (χ3n) is 4.88. The molecule has 138 valence electrons. The Morgan fingerprint density at radius 3 is 2.81 bits per heavy atom. The van der Waals surface area contributed by atoms with Crippen LogP contribution in [0.4, 0.5) is 11.6 Å². The molecule has 4 heterocycles. The number of nitrogens with zero attached hydrogens (tertiary/aromatic N) is 5. The second kappa shape index (κ2) is 8.39. The molecule has 1 saturated heterocycles. The Balaban J connectivity index is 1.46. The zero-order valence-electron chi connectivity index (χ0n) is 15.4. The molecule has 3 aromatic rings. The summed E-state index contributed by atoms with van der Waals surface area (Å²) in [5.74, 6) is 1.65. The minimum atomic E-state index is 0.569. The minimum Gasteiger partial charge on any atom is -0.369 e. The summed E-state index contributed by atoms with van der Waals surface area (Å²) in [6.07, 6.45) is 9.22. The van der Waals surface area contributed by atoms with Crippen LogP contribution in [0.5, 0.6) is 0 Å². The number of likely N-dealkylation sites (tertiary alicyclic amines) is 1. The van der Waals surface area contributed by atoms with Crippen LogP contribution in [0.25, 0.3) is 5.65 Å². The molecular formula is C19H24BN7. The SMILES string of the molecule is [B]c1cnn2c(NCc3cccnc3)cc(NCCN3CCCCC3)nc12. The predicted octanol–water partition coefficient (Wildman–Crippen LogP) is 1.43. The van der Waals surface area contributed by atoms with Crippen molar-refractivity contribution in [2.45, 2.75) is 25.8 Å². The first-order valence-corrected chi connectivity index (χ1v) is 9.53. The normalized spacial score (nSPS) is 15.1. The quantitative estimate of drug-likeness (QED) is 0.621. The number of rotatable bonds is 7. The zero-order valence-corrected chi connectivity index (χ0v) is 15.4. The summed E-state index contributed by atoms with van der Waals surface area (Å²) in [6, 6.07) is 5.94. The number of piperidine rings is 1. The van der Waals surface area contributed by atoms with Crippen molar-refractivity contribution in [2.75, 3.05) is 36.8 Å². The van der Waals surface area contributed by atoms with Crippen molar-refractivity contribution in [1.29, 1.82) is 0 Å². The van der Waals surface area contributed by atoms with Gasteiger partial charge >= 0.3 is 0 Å². The van der Waals surface area contributed by atoms with E-state index < -0.39 is 0 Å². The first-order valence-electron chi connectivity index (χ1n) is 9.53. The molecular weight excluding hydrogens is 337 g/mol. The van der Waals surface area contributed by atoms with Crippen molar-refractivity contribution >= 4 is 30.6 Å². The highest BCUT2D eigenvalue weighted by atomic mass is 15.3. The molecule has 0 saturated carbocycles. The zero-order chi connectivity index (χ0) is 18.5. The average Bonchev–Trinajstić information content (AvgIpc) is 3.09. The van der Waals surface area contributed by atoms with Gasteiger partial charge in [-0.05, 0) is 43.0 Å². The number of hydrogen-bond donors (Lipinski definition) is 2. The van der Waals surface area contributed by atoms with Crippen molar-refractivity contribution < 1.29 is 0 Å². The van der Waals surface area contributed by atoms with E-state index in [-0.39, 0.29) is 0 Å². The molecule has 7 nitrogen and oxygen atoms in total. The van der Waals surface area contributed by atoms with Crippen LogP contribution in [0.15, 0.2) is 36.8 Å². The molecule has 0 spiro atoms. The van der Waals surface area contributed by atoms with E-state index in [4.69, 9.17) is 7.85 Å². The van der Waals surface area contributed by atoms with E-state index in [0.29, 0.717) is 17.7 Å². The lowest BCUT2D eigenvalue weighted by Gasteiger charge is -2.26. The lowest BCUT2D eigenvalue weighted by Crippen LogP contribution is -2.33. The summed E-state index contributed by atoms with van der Waals surface area (Å²) in [7, 11) is 6.05. The first kappa shape index (κ1) is 17.8. The molecule has 2 radical (unpaired) electrons. The van der Waals surface area contributed by atoms with Gasteiger partial charge in [-0.15, -0.1) is 0 Å². The summed E-state index contributed by atoms with van der Waals surface area (Å²) in [5.41, 5.74) is 2.33. The Hall–Kier alpha value is -2.61. The maximum Gasteiger partial charge on any atom is 0.152 e. The van der Waals surface area contributed by atoms with Crippen LogP contribution in [0.3, 0.4) is 0 Å². The Kier molecular flexibility index (Phi) is 5.53. The van der Waals surface area contributed by atoms with E-state index >= 15 is 0 Å². The van der Waals surface area contributed by atoms with Crippen molar-refractivity contribution in [2.24, 2.45) is 0 Å². The largest absolute Gasteiger partial charge is 0.369 e. The molecule has 8 heteroatoms. The lowest BCUT2D eigenvalue weighted by molar-refractivity contribution is 0.237. The van der Waals surface area contributed by atoms with Crippen molar-refractivity contribution in [3.05, 3.63) is 42.4 Å². The maximum absolute atomic E-state index is 6.05. The number of pyridine rings is 1. The third kappa shape index (κ3) is 4.39. The van der Waals surface area contributed by atoms with Gasteiger partial charge in [0, 0.05) is 44.3 Å². The Labute approximate surface area is 160 Å². The minimum absolute atomic E-state index is 0.569. The van der Waals surface area contributed by atoms with Crippen LogP contribution in [0.2, 0.25) is 0 Å². The van der Waals surface area contributed by atoms with Crippen molar-refractivity contribution in [3.8, 4) is 0 Å². The van der Waals surface area contributed by atoms with Crippen LogP contribution < -0.4 is 16.1 Å². The monoisotopic (exact) mass is 361 g/mol. The molecule has 27 heavy (non-hydrogen) atoms. The molecule has 4 rings (SSSR count). The van der Waals surface area contributed by atoms with Gasteiger partial charge in [0.2, 0.25) is 0 Å². The maximum atomic E-state index is 6.05. The standard InChI is InChI=1S/C19H24BN7/c20-16-14-24-27-18(23-13-15-5-4-6-21-12-15)11-17(25-19(16)27)22-7-10-26-8-2-1-3-9-26/h4-6,11-12,14,23H,1-3,7-10,13H2,(H,22,25). The van der Waals surface area contributed by atoms with Gasteiger partial charge < -0.3 is 15.5 Å². The summed E-state index contributed by atoms with van der Waals surface area (Å²) < 4.78 is 1.74. The predicted molar refractivity (Wildman–Crippen MR) is 109 cm³/mol. The second-order valence-corrected chi connectivity index (χ2v) is 6.91. The molecule has 0 aliphatic carbocycles. The average molecular weight is 361 g/mol. The highest BCUT2D eigenvalue weighted by Gasteiger charge is 2.11. The molecule has 1 fully saturated rings. The summed E-state index contributed by atoms with van der Waals surface area (Å²) in [5, 5.41) is 11.2.